The summed E-state index contributed by atoms with van der Waals surface area (Å²) in [5.41, 5.74) is 12.1. The van der Waals surface area contributed by atoms with Crippen molar-refractivity contribution in [3.63, 3.8) is 0 Å². The number of amides is 2. The SMILES string of the molecule is CC[C@]1(C)CCC(F)/C=N\C(C(C(=O)NC2CNCC(F)C2N2CCC(C(=O)N3CCN(C)CC3)CC2)C(N)N)C1. The Morgan fingerprint density at radius 1 is 1.10 bits per heavy atom. The van der Waals surface area contributed by atoms with Crippen molar-refractivity contribution in [2.45, 2.75) is 89.0 Å². The standard InChI is InChI=1S/C29H52F2N8O2/c1-4-29(2)8-5-20(30)16-35-22(15-29)24(26(32)33)27(40)36-23-18-34-17-21(31)25(23)38-9-6-19(7-10-38)28(41)39-13-11-37(3)12-14-39/h16,19-26,34H,4-15,17-18,32-33H2,1-3H3,(H,36,40)/b35-16-/t20?,21?,22?,23?,24?,25?,29-/m1/s1. The van der Waals surface area contributed by atoms with E-state index in [2.05, 4.69) is 46.3 Å². The average Bonchev–Trinajstić information content (AvgIpc) is 2.94. The molecule has 234 valence electrons. The molecule has 3 fully saturated rings. The predicted octanol–water partition coefficient (Wildman–Crippen LogP) is 0.505. The quantitative estimate of drug-likeness (QED) is 0.322. The van der Waals surface area contributed by atoms with Gasteiger partial charge in [0.05, 0.1) is 30.2 Å². The van der Waals surface area contributed by atoms with Gasteiger partial charge in [0.1, 0.15) is 12.3 Å². The molecule has 12 heteroatoms. The van der Waals surface area contributed by atoms with Crippen LogP contribution in [0.2, 0.25) is 0 Å². The number of alkyl halides is 2. The smallest absolute Gasteiger partial charge is 0.228 e. The maximum Gasteiger partial charge on any atom is 0.228 e. The van der Waals surface area contributed by atoms with Crippen LogP contribution >= 0.6 is 0 Å². The molecular formula is C29H52F2N8O2. The number of likely N-dealkylation sites (N-methyl/N-ethyl adjacent to an activating group) is 1. The molecule has 7 atom stereocenters. The van der Waals surface area contributed by atoms with Gasteiger partial charge < -0.3 is 31.9 Å². The second-order valence-corrected chi connectivity index (χ2v) is 13.1. The van der Waals surface area contributed by atoms with Crippen LogP contribution in [0.25, 0.3) is 0 Å². The molecule has 0 radical (unpaired) electrons. The summed E-state index contributed by atoms with van der Waals surface area (Å²) in [6.07, 6.45) is 1.77. The Labute approximate surface area is 244 Å². The summed E-state index contributed by atoms with van der Waals surface area (Å²) in [4.78, 5) is 37.6. The number of likely N-dealkylation sites (tertiary alicyclic amines) is 1. The molecule has 4 heterocycles. The van der Waals surface area contributed by atoms with Gasteiger partial charge in [-0.3, -0.25) is 19.5 Å². The fraction of sp³-hybridized carbons (Fsp3) is 0.897. The lowest BCUT2D eigenvalue weighted by Crippen LogP contribution is -2.67. The summed E-state index contributed by atoms with van der Waals surface area (Å²) in [7, 11) is 2.07. The van der Waals surface area contributed by atoms with E-state index < -0.39 is 42.6 Å². The first-order valence-electron chi connectivity index (χ1n) is 15.6. The zero-order valence-electron chi connectivity index (χ0n) is 25.1. The average molecular weight is 583 g/mol. The van der Waals surface area contributed by atoms with Crippen LogP contribution in [0.3, 0.4) is 0 Å². The van der Waals surface area contributed by atoms with Crippen molar-refractivity contribution in [1.29, 1.82) is 0 Å². The maximum atomic E-state index is 15.5. The van der Waals surface area contributed by atoms with Gasteiger partial charge in [0.25, 0.3) is 0 Å². The second-order valence-electron chi connectivity index (χ2n) is 13.1. The predicted molar refractivity (Wildman–Crippen MR) is 157 cm³/mol. The minimum absolute atomic E-state index is 0.0496. The van der Waals surface area contributed by atoms with Crippen LogP contribution in [-0.4, -0.2) is 129 Å². The van der Waals surface area contributed by atoms with E-state index in [1.807, 2.05) is 4.90 Å². The summed E-state index contributed by atoms with van der Waals surface area (Å²) in [5, 5.41) is 6.17. The maximum absolute atomic E-state index is 15.5. The largest absolute Gasteiger partial charge is 0.350 e. The lowest BCUT2D eigenvalue weighted by Gasteiger charge is -2.46. The highest BCUT2D eigenvalue weighted by Crippen LogP contribution is 2.38. The number of nitrogens with two attached hydrogens (primary N) is 2. The van der Waals surface area contributed by atoms with Crippen LogP contribution < -0.4 is 22.1 Å². The molecule has 41 heavy (non-hydrogen) atoms. The third-order valence-electron chi connectivity index (χ3n) is 10.1. The van der Waals surface area contributed by atoms with Gasteiger partial charge in [0.15, 0.2) is 0 Å². The van der Waals surface area contributed by atoms with Crippen LogP contribution in [-0.2, 0) is 9.59 Å². The summed E-state index contributed by atoms with van der Waals surface area (Å²) in [6.45, 7) is 9.25. The summed E-state index contributed by atoms with van der Waals surface area (Å²) in [6, 6.07) is -1.58. The zero-order valence-corrected chi connectivity index (χ0v) is 25.1. The van der Waals surface area contributed by atoms with Crippen molar-refractivity contribution in [2.24, 2.45) is 33.7 Å². The molecule has 0 saturated carbocycles. The van der Waals surface area contributed by atoms with E-state index in [-0.39, 0.29) is 29.7 Å². The number of halogens is 2. The van der Waals surface area contributed by atoms with Crippen molar-refractivity contribution < 1.29 is 18.4 Å². The van der Waals surface area contributed by atoms with Crippen LogP contribution in [0, 0.1) is 17.3 Å². The fourth-order valence-corrected chi connectivity index (χ4v) is 7.07. The van der Waals surface area contributed by atoms with Gasteiger partial charge in [-0.25, -0.2) is 8.78 Å². The van der Waals surface area contributed by atoms with Crippen LogP contribution in [0.15, 0.2) is 4.99 Å². The zero-order chi connectivity index (χ0) is 29.7. The molecule has 4 rings (SSSR count). The van der Waals surface area contributed by atoms with Gasteiger partial charge in [-0.15, -0.1) is 0 Å². The molecule has 0 aromatic rings. The molecule has 2 amide bonds. The Morgan fingerprint density at radius 3 is 2.41 bits per heavy atom. The van der Waals surface area contributed by atoms with Gasteiger partial charge in [0.2, 0.25) is 11.8 Å². The van der Waals surface area contributed by atoms with Gasteiger partial charge >= 0.3 is 0 Å². The normalized spacial score (nSPS) is 36.4. The molecule has 4 aliphatic heterocycles. The van der Waals surface area contributed by atoms with Gasteiger partial charge in [-0.05, 0) is 57.7 Å². The molecule has 6 unspecified atom stereocenters. The molecule has 0 aliphatic carbocycles. The van der Waals surface area contributed by atoms with Crippen molar-refractivity contribution in [1.82, 2.24) is 25.3 Å². The number of hydrogen-bond donors (Lipinski definition) is 4. The number of carbonyl (C=O) groups excluding carboxylic acids is 2. The Hall–Kier alpha value is -1.73. The van der Waals surface area contributed by atoms with E-state index in [4.69, 9.17) is 11.5 Å². The van der Waals surface area contributed by atoms with E-state index >= 15 is 4.39 Å². The Balaban J connectivity index is 1.42. The number of piperidine rings is 2. The summed E-state index contributed by atoms with van der Waals surface area (Å²) >= 11 is 0. The monoisotopic (exact) mass is 582 g/mol. The first kappa shape index (κ1) is 32.2. The Bertz CT molecular complexity index is 909. The van der Waals surface area contributed by atoms with Gasteiger partial charge in [-0.1, -0.05) is 20.3 Å². The van der Waals surface area contributed by atoms with Crippen molar-refractivity contribution >= 4 is 18.0 Å². The van der Waals surface area contributed by atoms with Crippen LogP contribution in [0.4, 0.5) is 8.78 Å². The van der Waals surface area contributed by atoms with E-state index in [0.717, 1.165) is 32.6 Å². The fourth-order valence-electron chi connectivity index (χ4n) is 7.07. The lowest BCUT2D eigenvalue weighted by molar-refractivity contribution is -0.139. The Kier molecular flexibility index (Phi) is 11.1. The molecule has 0 aromatic heterocycles. The molecule has 0 aromatic carbocycles. The van der Waals surface area contributed by atoms with E-state index in [0.29, 0.717) is 51.7 Å². The molecular weight excluding hydrogens is 530 g/mol. The Morgan fingerprint density at radius 2 is 1.78 bits per heavy atom. The van der Waals surface area contributed by atoms with Gasteiger partial charge in [0, 0.05) is 51.4 Å². The number of hydrogen-bond acceptors (Lipinski definition) is 8. The highest BCUT2D eigenvalue weighted by Gasteiger charge is 2.44. The van der Waals surface area contributed by atoms with Crippen LogP contribution in [0.1, 0.15) is 52.4 Å². The first-order valence-corrected chi connectivity index (χ1v) is 15.6. The number of rotatable bonds is 7. The lowest BCUT2D eigenvalue weighted by atomic mass is 9.73. The van der Waals surface area contributed by atoms with E-state index in [1.165, 1.54) is 6.21 Å². The van der Waals surface area contributed by atoms with Crippen molar-refractivity contribution in [3.05, 3.63) is 0 Å². The second kappa shape index (κ2) is 14.2. The summed E-state index contributed by atoms with van der Waals surface area (Å²) < 4.78 is 29.9. The number of piperazine rings is 1. The van der Waals surface area contributed by atoms with Crippen molar-refractivity contribution in [2.75, 3.05) is 59.4 Å². The molecule has 10 nitrogen and oxygen atoms in total. The third kappa shape index (κ3) is 8.01. The van der Waals surface area contributed by atoms with Crippen LogP contribution in [0.5, 0.6) is 0 Å². The summed E-state index contributed by atoms with van der Waals surface area (Å²) in [5.74, 6) is -1.08. The minimum Gasteiger partial charge on any atom is -0.350 e. The first-order chi connectivity index (χ1) is 19.5. The highest BCUT2D eigenvalue weighted by molar-refractivity contribution is 5.81. The molecule has 3 saturated heterocycles. The molecule has 4 aliphatic rings. The number of carbonyl (C=O) groups is 2. The molecule has 0 bridgehead atoms. The van der Waals surface area contributed by atoms with E-state index in [9.17, 15) is 14.0 Å². The number of aliphatic imine (C=N–C) groups is 1. The molecule has 0 spiro atoms. The number of nitrogens with zero attached hydrogens (tertiary/aromatic N) is 4. The van der Waals surface area contributed by atoms with Gasteiger partial charge in [-0.2, -0.15) is 0 Å². The third-order valence-corrected chi connectivity index (χ3v) is 10.1. The van der Waals surface area contributed by atoms with E-state index in [1.54, 1.807) is 0 Å². The minimum atomic E-state index is -1.18. The number of nitrogens with one attached hydrogen (secondary N) is 2. The molecule has 6 N–H and O–H groups in total. The van der Waals surface area contributed by atoms with Crippen molar-refractivity contribution in [3.8, 4) is 0 Å². The topological polar surface area (TPSA) is 132 Å². The highest BCUT2D eigenvalue weighted by atomic mass is 19.1.